The van der Waals surface area contributed by atoms with E-state index in [0.717, 1.165) is 30.0 Å². The zero-order valence-corrected chi connectivity index (χ0v) is 11.6. The molecule has 0 aliphatic heterocycles. The van der Waals surface area contributed by atoms with Crippen LogP contribution in [0, 0.1) is 0 Å². The van der Waals surface area contributed by atoms with Gasteiger partial charge in [-0.2, -0.15) is 4.98 Å². The number of hydrogen-bond donors (Lipinski definition) is 1. The van der Waals surface area contributed by atoms with Crippen LogP contribution in [0.2, 0.25) is 0 Å². The maximum atomic E-state index is 6.01. The lowest BCUT2D eigenvalue weighted by Gasteiger charge is -2.17. The van der Waals surface area contributed by atoms with Crippen molar-refractivity contribution in [2.24, 2.45) is 0 Å². The van der Waals surface area contributed by atoms with Crippen LogP contribution in [-0.4, -0.2) is 17.3 Å². The van der Waals surface area contributed by atoms with Gasteiger partial charge < -0.3 is 15.0 Å². The molecule has 0 radical (unpaired) electrons. The van der Waals surface area contributed by atoms with Gasteiger partial charge in [0.1, 0.15) is 5.75 Å². The highest BCUT2D eigenvalue weighted by Crippen LogP contribution is 2.33. The summed E-state index contributed by atoms with van der Waals surface area (Å²) in [6.45, 7) is 0. The van der Waals surface area contributed by atoms with E-state index in [1.165, 1.54) is 19.3 Å². The lowest BCUT2D eigenvalue weighted by atomic mass is 9.89. The lowest BCUT2D eigenvalue weighted by Crippen LogP contribution is -2.06. The second-order valence-electron chi connectivity index (χ2n) is 5.25. The zero-order chi connectivity index (χ0) is 13.9. The van der Waals surface area contributed by atoms with Crippen LogP contribution in [0.1, 0.15) is 43.8 Å². The Morgan fingerprint density at radius 1 is 1.25 bits per heavy atom. The summed E-state index contributed by atoms with van der Waals surface area (Å²) in [5.41, 5.74) is 7.36. The van der Waals surface area contributed by atoms with E-state index in [1.807, 2.05) is 12.1 Å². The highest BCUT2D eigenvalue weighted by atomic mass is 16.5. The van der Waals surface area contributed by atoms with Crippen LogP contribution in [0.3, 0.4) is 0 Å². The molecule has 1 aromatic heterocycles. The van der Waals surface area contributed by atoms with Gasteiger partial charge in [-0.1, -0.05) is 24.4 Å². The lowest BCUT2D eigenvalue weighted by molar-refractivity contribution is 0.385. The first-order valence-corrected chi connectivity index (χ1v) is 7.05. The number of nitrogens with zero attached hydrogens (tertiary/aromatic N) is 2. The molecule has 1 fully saturated rings. The number of nitrogen functional groups attached to an aromatic ring is 1. The molecular weight excluding hydrogens is 254 g/mol. The summed E-state index contributed by atoms with van der Waals surface area (Å²) < 4.78 is 10.5. The van der Waals surface area contributed by atoms with Crippen LogP contribution in [0.15, 0.2) is 22.7 Å². The number of aromatic nitrogens is 2. The molecule has 106 valence electrons. The number of hydrogen-bond acceptors (Lipinski definition) is 5. The molecule has 5 heteroatoms. The number of nitrogens with two attached hydrogens (primary N) is 1. The molecule has 2 aromatic rings. The van der Waals surface area contributed by atoms with E-state index in [1.54, 1.807) is 13.2 Å². The van der Waals surface area contributed by atoms with Gasteiger partial charge in [0.25, 0.3) is 5.89 Å². The molecule has 20 heavy (non-hydrogen) atoms. The number of rotatable bonds is 3. The first kappa shape index (κ1) is 13.0. The predicted molar refractivity (Wildman–Crippen MR) is 76.5 cm³/mol. The van der Waals surface area contributed by atoms with Gasteiger partial charge in [0.05, 0.1) is 12.7 Å². The standard InChI is InChI=1S/C15H19N3O2/c1-19-11-7-8-12(13(16)9-11)15-17-14(18-20-15)10-5-3-2-4-6-10/h7-10H,2-6,16H2,1H3. The summed E-state index contributed by atoms with van der Waals surface area (Å²) in [6.07, 6.45) is 6.11. The third-order valence-electron chi connectivity index (χ3n) is 3.90. The van der Waals surface area contributed by atoms with E-state index >= 15 is 0 Å². The van der Waals surface area contributed by atoms with Gasteiger partial charge >= 0.3 is 0 Å². The Bertz CT molecular complexity index is 589. The van der Waals surface area contributed by atoms with Crippen LogP contribution in [0.5, 0.6) is 5.75 Å². The molecule has 0 atom stereocenters. The van der Waals surface area contributed by atoms with Crippen LogP contribution in [0.25, 0.3) is 11.5 Å². The summed E-state index contributed by atoms with van der Waals surface area (Å²) >= 11 is 0. The molecule has 0 amide bonds. The molecule has 1 saturated carbocycles. The minimum atomic E-state index is 0.431. The van der Waals surface area contributed by atoms with Crippen molar-refractivity contribution in [1.29, 1.82) is 0 Å². The second kappa shape index (κ2) is 5.53. The fraction of sp³-hybridized carbons (Fsp3) is 0.467. The van der Waals surface area contributed by atoms with Gasteiger partial charge in [0.2, 0.25) is 0 Å². The van der Waals surface area contributed by atoms with Gasteiger partial charge in [0, 0.05) is 17.7 Å². The highest BCUT2D eigenvalue weighted by molar-refractivity contribution is 5.71. The zero-order valence-electron chi connectivity index (χ0n) is 11.6. The quantitative estimate of drug-likeness (QED) is 0.868. The Balaban J connectivity index is 1.85. The summed E-state index contributed by atoms with van der Waals surface area (Å²) in [5.74, 6) is 2.46. The van der Waals surface area contributed by atoms with Gasteiger partial charge in [-0.3, -0.25) is 0 Å². The van der Waals surface area contributed by atoms with Gasteiger partial charge in [-0.25, -0.2) is 0 Å². The third-order valence-corrected chi connectivity index (χ3v) is 3.90. The molecular formula is C15H19N3O2. The highest BCUT2D eigenvalue weighted by Gasteiger charge is 2.22. The molecule has 3 rings (SSSR count). The Morgan fingerprint density at radius 3 is 2.75 bits per heavy atom. The molecule has 2 N–H and O–H groups in total. The van der Waals surface area contributed by atoms with Crippen LogP contribution >= 0.6 is 0 Å². The number of benzene rings is 1. The normalized spacial score (nSPS) is 16.2. The van der Waals surface area contributed by atoms with Crippen LogP contribution < -0.4 is 10.5 Å². The summed E-state index contributed by atoms with van der Waals surface area (Å²) in [7, 11) is 1.61. The predicted octanol–water partition coefficient (Wildman–Crippen LogP) is 3.38. The Kier molecular flexibility index (Phi) is 3.58. The fourth-order valence-electron chi connectivity index (χ4n) is 2.73. The number of anilines is 1. The largest absolute Gasteiger partial charge is 0.497 e. The van der Waals surface area contributed by atoms with E-state index < -0.39 is 0 Å². The van der Waals surface area contributed by atoms with E-state index in [2.05, 4.69) is 10.1 Å². The van der Waals surface area contributed by atoms with Crippen molar-refractivity contribution in [2.75, 3.05) is 12.8 Å². The number of ether oxygens (including phenoxy) is 1. The molecule has 1 aromatic carbocycles. The molecule has 5 nitrogen and oxygen atoms in total. The average molecular weight is 273 g/mol. The van der Waals surface area contributed by atoms with E-state index in [0.29, 0.717) is 17.5 Å². The summed E-state index contributed by atoms with van der Waals surface area (Å²) in [5, 5.41) is 4.13. The monoisotopic (exact) mass is 273 g/mol. The Hall–Kier alpha value is -2.04. The summed E-state index contributed by atoms with van der Waals surface area (Å²) in [4.78, 5) is 4.52. The first-order valence-electron chi connectivity index (χ1n) is 7.05. The van der Waals surface area contributed by atoms with Crippen molar-refractivity contribution in [3.63, 3.8) is 0 Å². The molecule has 1 heterocycles. The second-order valence-corrected chi connectivity index (χ2v) is 5.25. The third kappa shape index (κ3) is 2.48. The number of methoxy groups -OCH3 is 1. The SMILES string of the molecule is COc1ccc(-c2nc(C3CCCCC3)no2)c(N)c1. The summed E-state index contributed by atoms with van der Waals surface area (Å²) in [6, 6.07) is 5.46. The van der Waals surface area contributed by atoms with Crippen molar-refractivity contribution >= 4 is 5.69 Å². The van der Waals surface area contributed by atoms with Crippen molar-refractivity contribution in [2.45, 2.75) is 38.0 Å². The molecule has 1 aliphatic carbocycles. The molecule has 1 aliphatic rings. The topological polar surface area (TPSA) is 74.2 Å². The van der Waals surface area contributed by atoms with Crippen LogP contribution in [-0.2, 0) is 0 Å². The maximum absolute atomic E-state index is 6.01. The van der Waals surface area contributed by atoms with Crippen molar-refractivity contribution in [1.82, 2.24) is 10.1 Å². The molecule has 0 bridgehead atoms. The first-order chi connectivity index (χ1) is 9.78. The van der Waals surface area contributed by atoms with Gasteiger partial charge in [0.15, 0.2) is 5.82 Å². The van der Waals surface area contributed by atoms with E-state index in [4.69, 9.17) is 15.0 Å². The minimum Gasteiger partial charge on any atom is -0.497 e. The van der Waals surface area contributed by atoms with Gasteiger partial charge in [-0.15, -0.1) is 0 Å². The minimum absolute atomic E-state index is 0.431. The van der Waals surface area contributed by atoms with E-state index in [-0.39, 0.29) is 0 Å². The van der Waals surface area contributed by atoms with Crippen molar-refractivity contribution in [3.8, 4) is 17.2 Å². The Morgan fingerprint density at radius 2 is 2.05 bits per heavy atom. The van der Waals surface area contributed by atoms with Crippen molar-refractivity contribution in [3.05, 3.63) is 24.0 Å². The average Bonchev–Trinajstić information content (AvgIpc) is 2.97. The van der Waals surface area contributed by atoms with Crippen LogP contribution in [0.4, 0.5) is 5.69 Å². The van der Waals surface area contributed by atoms with Crippen molar-refractivity contribution < 1.29 is 9.26 Å². The Labute approximate surface area is 118 Å². The van der Waals surface area contributed by atoms with E-state index in [9.17, 15) is 0 Å². The molecule has 0 saturated heterocycles. The smallest absolute Gasteiger partial charge is 0.260 e. The molecule has 0 unspecified atom stereocenters. The molecule has 0 spiro atoms. The van der Waals surface area contributed by atoms with Gasteiger partial charge in [-0.05, 0) is 25.0 Å². The maximum Gasteiger partial charge on any atom is 0.260 e. The fourth-order valence-corrected chi connectivity index (χ4v) is 2.73.